The highest BCUT2D eigenvalue weighted by molar-refractivity contribution is 8.23. The first-order valence-corrected chi connectivity index (χ1v) is 11.3. The summed E-state index contributed by atoms with van der Waals surface area (Å²) in [4.78, 5) is 51.0. The molecule has 0 saturated carbocycles. The predicted octanol–water partition coefficient (Wildman–Crippen LogP) is -2.46. The Kier molecular flexibility index (Phi) is 8.66. The average molecular weight is 465 g/mol. The fourth-order valence-corrected chi connectivity index (χ4v) is 4.81. The molecule has 2 aliphatic heterocycles. The molecule has 2 saturated heterocycles. The number of hydroxylamine groups is 2. The molecule has 7 N–H and O–H groups in total. The third-order valence-corrected chi connectivity index (χ3v) is 7.06. The van der Waals surface area contributed by atoms with Crippen molar-refractivity contribution >= 4 is 63.7 Å². The highest BCUT2D eigenvalue weighted by atomic mass is 32.2. The van der Waals surface area contributed by atoms with Crippen molar-refractivity contribution in [1.29, 1.82) is 0 Å². The van der Waals surface area contributed by atoms with Crippen LogP contribution in [-0.2, 0) is 19.2 Å². The smallest absolute Gasteiger partial charge is 0.263 e. The molecule has 0 radical (unpaired) electrons. The van der Waals surface area contributed by atoms with Gasteiger partial charge in [-0.15, -0.1) is 0 Å². The quantitative estimate of drug-likeness (QED) is 0.124. The van der Waals surface area contributed by atoms with E-state index in [1.165, 1.54) is 16.7 Å². The Labute approximate surface area is 181 Å². The average Bonchev–Trinajstić information content (AvgIpc) is 3.26. The van der Waals surface area contributed by atoms with Crippen LogP contribution in [0.25, 0.3) is 0 Å². The number of likely N-dealkylation sites (tertiary alicyclic amines) is 1. The molecule has 4 amide bonds. The number of nitrogens with zero attached hydrogens (tertiary/aromatic N) is 3. The van der Waals surface area contributed by atoms with Crippen molar-refractivity contribution in [2.45, 2.75) is 24.5 Å². The first kappa shape index (κ1) is 23.8. The van der Waals surface area contributed by atoms with Gasteiger partial charge < -0.3 is 22.1 Å². The fraction of sp³-hybridized carbons (Fsp3) is 0.667. The van der Waals surface area contributed by atoms with Gasteiger partial charge in [-0.2, -0.15) is 11.8 Å². The summed E-state index contributed by atoms with van der Waals surface area (Å²) in [5.41, 5.74) is 16.6. The molecule has 2 heterocycles. The van der Waals surface area contributed by atoms with Crippen LogP contribution in [0.4, 0.5) is 0 Å². The van der Waals surface area contributed by atoms with Crippen molar-refractivity contribution in [2.24, 2.45) is 17.2 Å². The SMILES string of the molecule is NCCSC[C@H](N)C(=O)N(O)[C@H]1C[C@@H](C(N)=O)N(C(=O)CN2C(=O)CSC2=S)C1. The Hall–Kier alpha value is -1.45. The molecular weight excluding hydrogens is 440 g/mol. The lowest BCUT2D eigenvalue weighted by atomic mass is 10.1. The van der Waals surface area contributed by atoms with Crippen molar-refractivity contribution in [1.82, 2.24) is 14.9 Å². The van der Waals surface area contributed by atoms with Crippen LogP contribution in [0.5, 0.6) is 0 Å². The molecule has 0 unspecified atom stereocenters. The number of carbonyl (C=O) groups is 4. The summed E-state index contributed by atoms with van der Waals surface area (Å²) in [5, 5.41) is 10.8. The minimum absolute atomic E-state index is 0.0287. The van der Waals surface area contributed by atoms with Crippen LogP contribution in [0.15, 0.2) is 0 Å². The van der Waals surface area contributed by atoms with Crippen molar-refractivity contribution < 1.29 is 24.4 Å². The monoisotopic (exact) mass is 464 g/mol. The molecule has 11 nitrogen and oxygen atoms in total. The standard InChI is InChI=1S/C15H24N6O5S3/c16-1-2-28-6-9(17)14(25)21(26)8-3-10(13(18)24)19(4-8)11(22)5-20-12(23)7-29-15(20)27/h8-10,26H,1-7,16-17H2,(H2,18,24)/t8-,9-,10-/m0/s1. The third-order valence-electron chi connectivity index (χ3n) is 4.51. The Morgan fingerprint density at radius 1 is 1.41 bits per heavy atom. The maximum atomic E-state index is 12.7. The molecule has 0 aliphatic carbocycles. The van der Waals surface area contributed by atoms with Gasteiger partial charge in [-0.05, 0) is 0 Å². The van der Waals surface area contributed by atoms with Gasteiger partial charge in [-0.3, -0.25) is 29.3 Å². The Morgan fingerprint density at radius 2 is 2.10 bits per heavy atom. The number of thiocarbonyl (C=S) groups is 1. The summed E-state index contributed by atoms with van der Waals surface area (Å²) in [6, 6.07) is -2.81. The van der Waals surface area contributed by atoms with Gasteiger partial charge in [0.05, 0.1) is 17.8 Å². The molecule has 0 bridgehead atoms. The van der Waals surface area contributed by atoms with Crippen LogP contribution in [0.3, 0.4) is 0 Å². The number of amides is 4. The molecule has 2 aliphatic rings. The number of hydrogen-bond donors (Lipinski definition) is 4. The molecule has 0 aromatic heterocycles. The Bertz CT molecular complexity index is 679. The second-order valence-electron chi connectivity index (χ2n) is 6.54. The van der Waals surface area contributed by atoms with Gasteiger partial charge in [-0.25, -0.2) is 5.06 Å². The summed E-state index contributed by atoms with van der Waals surface area (Å²) in [7, 11) is 0. The van der Waals surface area contributed by atoms with E-state index in [0.717, 1.165) is 16.7 Å². The molecule has 0 spiro atoms. The van der Waals surface area contributed by atoms with Gasteiger partial charge >= 0.3 is 0 Å². The van der Waals surface area contributed by atoms with Gasteiger partial charge in [0.2, 0.25) is 17.7 Å². The van der Waals surface area contributed by atoms with E-state index in [-0.39, 0.29) is 41.2 Å². The van der Waals surface area contributed by atoms with E-state index in [1.54, 1.807) is 0 Å². The highest BCUT2D eigenvalue weighted by Crippen LogP contribution is 2.24. The molecule has 3 atom stereocenters. The molecule has 162 valence electrons. The Morgan fingerprint density at radius 3 is 2.66 bits per heavy atom. The lowest BCUT2D eigenvalue weighted by Gasteiger charge is -2.26. The third kappa shape index (κ3) is 5.79. The molecule has 2 fully saturated rings. The van der Waals surface area contributed by atoms with E-state index in [0.29, 0.717) is 17.4 Å². The fourth-order valence-electron chi connectivity index (χ4n) is 3.01. The molecule has 29 heavy (non-hydrogen) atoms. The van der Waals surface area contributed by atoms with E-state index in [9.17, 15) is 24.4 Å². The van der Waals surface area contributed by atoms with Gasteiger partial charge in [0, 0.05) is 31.0 Å². The van der Waals surface area contributed by atoms with E-state index in [2.05, 4.69) is 0 Å². The normalized spacial score (nSPS) is 22.9. The summed E-state index contributed by atoms with van der Waals surface area (Å²) >= 11 is 7.59. The summed E-state index contributed by atoms with van der Waals surface area (Å²) < 4.78 is 0.287. The minimum Gasteiger partial charge on any atom is -0.368 e. The first-order valence-electron chi connectivity index (χ1n) is 8.78. The van der Waals surface area contributed by atoms with Crippen molar-refractivity contribution in [3.63, 3.8) is 0 Å². The molecule has 0 aromatic carbocycles. The lowest BCUT2D eigenvalue weighted by molar-refractivity contribution is -0.176. The zero-order chi connectivity index (χ0) is 21.7. The van der Waals surface area contributed by atoms with Crippen LogP contribution in [0.1, 0.15) is 6.42 Å². The number of thioether (sulfide) groups is 2. The van der Waals surface area contributed by atoms with E-state index >= 15 is 0 Å². The number of rotatable bonds is 9. The molecule has 2 rings (SSSR count). The van der Waals surface area contributed by atoms with Crippen LogP contribution in [0.2, 0.25) is 0 Å². The van der Waals surface area contributed by atoms with Crippen LogP contribution in [0, 0.1) is 0 Å². The van der Waals surface area contributed by atoms with Crippen LogP contribution in [-0.4, -0.2) is 103 Å². The molecule has 0 aromatic rings. The predicted molar refractivity (Wildman–Crippen MR) is 113 cm³/mol. The largest absolute Gasteiger partial charge is 0.368 e. The Balaban J connectivity index is 2.02. The zero-order valence-corrected chi connectivity index (χ0v) is 18.0. The topological polar surface area (TPSA) is 176 Å². The second kappa shape index (κ2) is 10.5. The summed E-state index contributed by atoms with van der Waals surface area (Å²) in [6.45, 7) is 0.00489. The maximum absolute atomic E-state index is 12.7. The summed E-state index contributed by atoms with van der Waals surface area (Å²) in [5.74, 6) is -1.27. The van der Waals surface area contributed by atoms with Crippen molar-refractivity contribution in [3.8, 4) is 0 Å². The van der Waals surface area contributed by atoms with Gasteiger partial charge in [0.15, 0.2) is 0 Å². The highest BCUT2D eigenvalue weighted by Gasteiger charge is 2.43. The van der Waals surface area contributed by atoms with Gasteiger partial charge in [0.25, 0.3) is 5.91 Å². The minimum atomic E-state index is -1.02. The van der Waals surface area contributed by atoms with E-state index in [1.807, 2.05) is 0 Å². The van der Waals surface area contributed by atoms with Crippen LogP contribution < -0.4 is 17.2 Å². The zero-order valence-electron chi connectivity index (χ0n) is 15.6. The molecule has 14 heteroatoms. The first-order chi connectivity index (χ1) is 13.7. The second-order valence-corrected chi connectivity index (χ2v) is 9.30. The maximum Gasteiger partial charge on any atom is 0.263 e. The van der Waals surface area contributed by atoms with Gasteiger partial charge in [-0.1, -0.05) is 24.0 Å². The summed E-state index contributed by atoms with van der Waals surface area (Å²) in [6.07, 6.45) is -0.0287. The van der Waals surface area contributed by atoms with Crippen LogP contribution >= 0.6 is 35.7 Å². The van der Waals surface area contributed by atoms with Crippen molar-refractivity contribution in [3.05, 3.63) is 0 Å². The lowest BCUT2D eigenvalue weighted by Crippen LogP contribution is -2.50. The molecular formula is C15H24N6O5S3. The van der Waals surface area contributed by atoms with Crippen molar-refractivity contribution in [2.75, 3.05) is 36.9 Å². The van der Waals surface area contributed by atoms with E-state index < -0.39 is 35.8 Å². The van der Waals surface area contributed by atoms with E-state index in [4.69, 9.17) is 29.4 Å². The number of nitrogens with two attached hydrogens (primary N) is 3. The number of carbonyl (C=O) groups excluding carboxylic acids is 4. The number of primary amides is 1. The van der Waals surface area contributed by atoms with Gasteiger partial charge in [0.1, 0.15) is 16.9 Å². The number of hydrogen-bond acceptors (Lipinski definition) is 10.